The Hall–Kier alpha value is -1.31. The largest absolute Gasteiger partial charge is 0.507 e. The molecule has 0 fully saturated rings. The van der Waals surface area contributed by atoms with E-state index in [4.69, 9.17) is 0 Å². The van der Waals surface area contributed by atoms with Crippen molar-refractivity contribution in [1.29, 1.82) is 0 Å². The summed E-state index contributed by atoms with van der Waals surface area (Å²) in [4.78, 5) is 22.1. The van der Waals surface area contributed by atoms with E-state index in [-0.39, 0.29) is 17.2 Å². The highest BCUT2D eigenvalue weighted by Gasteiger charge is 2.15. The topological polar surface area (TPSA) is 75.6 Å². The lowest BCUT2D eigenvalue weighted by molar-refractivity contribution is -0.114. The van der Waals surface area contributed by atoms with Crippen LogP contribution < -0.4 is 5.32 Å². The highest BCUT2D eigenvalue weighted by Crippen LogP contribution is 2.28. The molecule has 1 rings (SSSR count). The zero-order valence-electron chi connectivity index (χ0n) is 8.70. The number of esters is 1. The van der Waals surface area contributed by atoms with Crippen molar-refractivity contribution in [3.63, 3.8) is 0 Å². The SMILES string of the molecule is COC(=O)c1cc(I)c(NC(C)=O)cc1O. The van der Waals surface area contributed by atoms with Crippen LogP contribution in [-0.4, -0.2) is 24.1 Å². The molecule has 0 atom stereocenters. The molecule has 0 aliphatic rings. The maximum absolute atomic E-state index is 11.2. The Morgan fingerprint density at radius 2 is 2.06 bits per heavy atom. The minimum Gasteiger partial charge on any atom is -0.507 e. The van der Waals surface area contributed by atoms with Crippen molar-refractivity contribution < 1.29 is 19.4 Å². The zero-order chi connectivity index (χ0) is 12.3. The Kier molecular flexibility index (Phi) is 4.11. The fourth-order valence-electron chi connectivity index (χ4n) is 1.12. The molecule has 1 amide bonds. The van der Waals surface area contributed by atoms with Gasteiger partial charge in [-0.05, 0) is 28.7 Å². The lowest BCUT2D eigenvalue weighted by atomic mass is 10.2. The van der Waals surface area contributed by atoms with Crippen molar-refractivity contribution in [3.8, 4) is 5.75 Å². The molecule has 16 heavy (non-hydrogen) atoms. The van der Waals surface area contributed by atoms with Crippen molar-refractivity contribution in [3.05, 3.63) is 21.3 Å². The van der Waals surface area contributed by atoms with Crippen molar-refractivity contribution in [2.75, 3.05) is 12.4 Å². The highest BCUT2D eigenvalue weighted by atomic mass is 127. The number of phenolic OH excluding ortho intramolecular Hbond substituents is 1. The van der Waals surface area contributed by atoms with E-state index in [1.165, 1.54) is 26.2 Å². The standard InChI is InChI=1S/C10H10INO4/c1-5(13)12-8-4-9(14)6(3-7(8)11)10(15)16-2/h3-4,14H,1-2H3,(H,12,13). The van der Waals surface area contributed by atoms with Crippen LogP contribution in [0.4, 0.5) is 5.69 Å². The minimum absolute atomic E-state index is 0.0704. The summed E-state index contributed by atoms with van der Waals surface area (Å²) in [6.45, 7) is 1.36. The van der Waals surface area contributed by atoms with Crippen molar-refractivity contribution in [1.82, 2.24) is 0 Å². The van der Waals surface area contributed by atoms with Crippen LogP contribution in [0.1, 0.15) is 17.3 Å². The molecule has 0 radical (unpaired) electrons. The highest BCUT2D eigenvalue weighted by molar-refractivity contribution is 14.1. The van der Waals surface area contributed by atoms with Crippen LogP contribution >= 0.6 is 22.6 Å². The Morgan fingerprint density at radius 1 is 1.44 bits per heavy atom. The molecule has 0 aromatic heterocycles. The van der Waals surface area contributed by atoms with Gasteiger partial charge in [-0.15, -0.1) is 0 Å². The van der Waals surface area contributed by atoms with Gasteiger partial charge in [-0.2, -0.15) is 0 Å². The normalized spacial score (nSPS) is 9.69. The molecule has 0 saturated heterocycles. The fraction of sp³-hybridized carbons (Fsp3) is 0.200. The van der Waals surface area contributed by atoms with Gasteiger partial charge in [0.2, 0.25) is 5.91 Å². The number of carbonyl (C=O) groups is 2. The van der Waals surface area contributed by atoms with E-state index in [1.54, 1.807) is 0 Å². The Balaban J connectivity index is 3.16. The average Bonchev–Trinajstić information content (AvgIpc) is 2.21. The molecule has 6 heteroatoms. The second-order valence-corrected chi connectivity index (χ2v) is 4.18. The molecule has 0 spiro atoms. The second-order valence-electron chi connectivity index (χ2n) is 3.02. The average molecular weight is 335 g/mol. The predicted octanol–water partition coefficient (Wildman–Crippen LogP) is 1.74. The molecular formula is C10H10INO4. The number of amides is 1. The number of carbonyl (C=O) groups excluding carboxylic acids is 2. The van der Waals surface area contributed by atoms with Gasteiger partial charge in [0.15, 0.2) is 0 Å². The van der Waals surface area contributed by atoms with Gasteiger partial charge in [0.05, 0.1) is 12.8 Å². The van der Waals surface area contributed by atoms with Gasteiger partial charge in [0, 0.05) is 16.6 Å². The first-order valence-electron chi connectivity index (χ1n) is 4.34. The number of benzene rings is 1. The van der Waals surface area contributed by atoms with E-state index in [1.807, 2.05) is 22.6 Å². The fourth-order valence-corrected chi connectivity index (χ4v) is 1.72. The molecule has 0 saturated carbocycles. The number of ether oxygens (including phenoxy) is 1. The lowest BCUT2D eigenvalue weighted by Gasteiger charge is -2.08. The van der Waals surface area contributed by atoms with Gasteiger partial charge in [0.25, 0.3) is 0 Å². The molecular weight excluding hydrogens is 325 g/mol. The summed E-state index contributed by atoms with van der Waals surface area (Å²) in [6, 6.07) is 2.77. The molecule has 1 aromatic carbocycles. The molecule has 0 unspecified atom stereocenters. The number of anilines is 1. The number of aromatic hydroxyl groups is 1. The number of hydrogen-bond acceptors (Lipinski definition) is 4. The second kappa shape index (κ2) is 5.15. The van der Waals surface area contributed by atoms with Gasteiger partial charge in [0.1, 0.15) is 11.3 Å². The van der Waals surface area contributed by atoms with Crippen LogP contribution in [0.25, 0.3) is 0 Å². The Morgan fingerprint density at radius 3 is 2.56 bits per heavy atom. The van der Waals surface area contributed by atoms with Crippen LogP contribution in [0, 0.1) is 3.57 Å². The molecule has 0 heterocycles. The van der Waals surface area contributed by atoms with E-state index >= 15 is 0 Å². The first-order valence-corrected chi connectivity index (χ1v) is 5.42. The van der Waals surface area contributed by atoms with E-state index in [2.05, 4.69) is 10.1 Å². The number of halogens is 1. The molecule has 2 N–H and O–H groups in total. The number of phenols is 1. The minimum atomic E-state index is -0.621. The number of rotatable bonds is 2. The molecule has 86 valence electrons. The first-order chi connectivity index (χ1) is 7.45. The van der Waals surface area contributed by atoms with Crippen molar-refractivity contribution in [2.45, 2.75) is 6.92 Å². The number of hydrogen-bond donors (Lipinski definition) is 2. The molecule has 0 aliphatic heterocycles. The van der Waals surface area contributed by atoms with Gasteiger partial charge < -0.3 is 15.2 Å². The number of methoxy groups -OCH3 is 1. The third-order valence-electron chi connectivity index (χ3n) is 1.80. The van der Waals surface area contributed by atoms with Crippen molar-refractivity contribution in [2.24, 2.45) is 0 Å². The monoisotopic (exact) mass is 335 g/mol. The summed E-state index contributed by atoms with van der Waals surface area (Å²) in [7, 11) is 1.23. The predicted molar refractivity (Wildman–Crippen MR) is 66.5 cm³/mol. The van der Waals surface area contributed by atoms with Crippen LogP contribution in [0.15, 0.2) is 12.1 Å². The summed E-state index contributed by atoms with van der Waals surface area (Å²) in [5.74, 6) is -1.09. The quantitative estimate of drug-likeness (QED) is 0.638. The van der Waals surface area contributed by atoms with Crippen LogP contribution in [-0.2, 0) is 9.53 Å². The summed E-state index contributed by atoms with van der Waals surface area (Å²) in [6.07, 6.45) is 0. The summed E-state index contributed by atoms with van der Waals surface area (Å²) in [5, 5.41) is 12.1. The third-order valence-corrected chi connectivity index (χ3v) is 2.69. The van der Waals surface area contributed by atoms with E-state index < -0.39 is 5.97 Å². The zero-order valence-corrected chi connectivity index (χ0v) is 10.9. The molecule has 5 nitrogen and oxygen atoms in total. The van der Waals surface area contributed by atoms with E-state index in [9.17, 15) is 14.7 Å². The summed E-state index contributed by atoms with van der Waals surface area (Å²) >= 11 is 1.95. The van der Waals surface area contributed by atoms with Crippen molar-refractivity contribution >= 4 is 40.2 Å². The van der Waals surface area contributed by atoms with Gasteiger partial charge in [-0.25, -0.2) is 4.79 Å². The molecule has 1 aromatic rings. The van der Waals surface area contributed by atoms with Gasteiger partial charge >= 0.3 is 5.97 Å². The summed E-state index contributed by atoms with van der Waals surface area (Å²) < 4.78 is 5.15. The summed E-state index contributed by atoms with van der Waals surface area (Å²) in [5.41, 5.74) is 0.527. The van der Waals surface area contributed by atoms with Crippen LogP contribution in [0.5, 0.6) is 5.75 Å². The van der Waals surface area contributed by atoms with E-state index in [0.29, 0.717) is 9.26 Å². The first kappa shape index (κ1) is 12.8. The van der Waals surface area contributed by atoms with Crippen LogP contribution in [0.3, 0.4) is 0 Å². The maximum Gasteiger partial charge on any atom is 0.341 e. The van der Waals surface area contributed by atoms with E-state index in [0.717, 1.165) is 0 Å². The molecule has 0 bridgehead atoms. The maximum atomic E-state index is 11.2. The molecule has 0 aliphatic carbocycles. The van der Waals surface area contributed by atoms with Crippen LogP contribution in [0.2, 0.25) is 0 Å². The lowest BCUT2D eigenvalue weighted by Crippen LogP contribution is -2.09. The Labute approximate surface area is 106 Å². The smallest absolute Gasteiger partial charge is 0.341 e. The third kappa shape index (κ3) is 2.84. The van der Waals surface area contributed by atoms with Gasteiger partial charge in [-0.3, -0.25) is 4.79 Å². The Bertz CT molecular complexity index is 445. The number of nitrogens with one attached hydrogen (secondary N) is 1. The van der Waals surface area contributed by atoms with Gasteiger partial charge in [-0.1, -0.05) is 0 Å².